The first-order chi connectivity index (χ1) is 9.58. The van der Waals surface area contributed by atoms with Crippen LogP contribution in [-0.4, -0.2) is 23.0 Å². The summed E-state index contributed by atoms with van der Waals surface area (Å²) in [5, 5.41) is 12.4. The number of primary amides is 1. The van der Waals surface area contributed by atoms with Crippen molar-refractivity contribution in [2.75, 3.05) is 5.32 Å². The molecular weight excluding hydrogens is 292 g/mol. The smallest absolute Gasteiger partial charge is 0.305 e. The highest BCUT2D eigenvalue weighted by molar-refractivity contribution is 6.34. The zero-order valence-corrected chi connectivity index (χ0v) is 13.2. The summed E-state index contributed by atoms with van der Waals surface area (Å²) in [5.74, 6) is -1.46. The van der Waals surface area contributed by atoms with Crippen LogP contribution in [0.4, 0.5) is 5.69 Å². The molecule has 0 radical (unpaired) electrons. The number of carbonyl (C=O) groups is 2. The molecule has 4 N–H and O–H groups in total. The summed E-state index contributed by atoms with van der Waals surface area (Å²) >= 11 is 5.99. The lowest BCUT2D eigenvalue weighted by Crippen LogP contribution is -2.28. The number of carboxylic acids is 1. The van der Waals surface area contributed by atoms with Crippen molar-refractivity contribution >= 4 is 29.2 Å². The van der Waals surface area contributed by atoms with E-state index in [1.165, 1.54) is 6.07 Å². The third-order valence-electron chi connectivity index (χ3n) is 2.89. The molecule has 0 aliphatic rings. The number of amides is 1. The molecule has 1 unspecified atom stereocenters. The lowest BCUT2D eigenvalue weighted by molar-refractivity contribution is -0.137. The Kier molecular flexibility index (Phi) is 5.61. The van der Waals surface area contributed by atoms with Gasteiger partial charge in [-0.05, 0) is 30.0 Å². The van der Waals surface area contributed by atoms with E-state index in [1.807, 2.05) is 20.8 Å². The predicted octanol–water partition coefficient (Wildman–Crippen LogP) is 3.13. The standard InChI is InChI=1S/C15H21ClN2O3/c1-15(2,3)8-10(7-13(19)20)18-9-4-5-11(14(17)21)12(16)6-9/h4-6,10,18H,7-8H2,1-3H3,(H2,17,21)(H,19,20). The molecule has 0 aliphatic carbocycles. The van der Waals surface area contributed by atoms with Crippen LogP contribution < -0.4 is 11.1 Å². The molecule has 0 bridgehead atoms. The van der Waals surface area contributed by atoms with Crippen molar-refractivity contribution in [3.05, 3.63) is 28.8 Å². The summed E-state index contributed by atoms with van der Waals surface area (Å²) in [5.41, 5.74) is 6.09. The van der Waals surface area contributed by atoms with Gasteiger partial charge in [0.05, 0.1) is 17.0 Å². The topological polar surface area (TPSA) is 92.4 Å². The molecule has 0 aliphatic heterocycles. The van der Waals surface area contributed by atoms with Crippen LogP contribution in [0, 0.1) is 5.41 Å². The number of rotatable bonds is 6. The number of carbonyl (C=O) groups excluding carboxylic acids is 1. The van der Waals surface area contributed by atoms with E-state index >= 15 is 0 Å². The number of nitrogens with two attached hydrogens (primary N) is 1. The highest BCUT2D eigenvalue weighted by Gasteiger charge is 2.21. The second kappa shape index (κ2) is 6.80. The summed E-state index contributed by atoms with van der Waals surface area (Å²) in [4.78, 5) is 22.1. The van der Waals surface area contributed by atoms with Crippen molar-refractivity contribution in [3.63, 3.8) is 0 Å². The van der Waals surface area contributed by atoms with E-state index in [0.717, 1.165) is 0 Å². The van der Waals surface area contributed by atoms with E-state index in [0.29, 0.717) is 12.1 Å². The SMILES string of the molecule is CC(C)(C)CC(CC(=O)O)Nc1ccc(C(N)=O)c(Cl)c1. The molecule has 0 heterocycles. The van der Waals surface area contributed by atoms with Crippen LogP contribution in [0.5, 0.6) is 0 Å². The zero-order chi connectivity index (χ0) is 16.2. The summed E-state index contributed by atoms with van der Waals surface area (Å²) in [6.45, 7) is 6.14. The minimum atomic E-state index is -0.864. The van der Waals surface area contributed by atoms with Crippen LogP contribution in [0.25, 0.3) is 0 Å². The minimum absolute atomic E-state index is 0.00641. The summed E-state index contributed by atoms with van der Waals surface area (Å²) in [6.07, 6.45) is 0.695. The fourth-order valence-electron chi connectivity index (χ4n) is 2.16. The maximum Gasteiger partial charge on any atom is 0.305 e. The average molecular weight is 313 g/mol. The highest BCUT2D eigenvalue weighted by Crippen LogP contribution is 2.26. The Labute approximate surface area is 129 Å². The Balaban J connectivity index is 2.90. The molecule has 0 saturated carbocycles. The van der Waals surface area contributed by atoms with Gasteiger partial charge < -0.3 is 16.2 Å². The molecule has 1 atom stereocenters. The van der Waals surface area contributed by atoms with E-state index in [1.54, 1.807) is 12.1 Å². The van der Waals surface area contributed by atoms with Gasteiger partial charge in [0.1, 0.15) is 0 Å². The lowest BCUT2D eigenvalue weighted by Gasteiger charge is -2.26. The highest BCUT2D eigenvalue weighted by atomic mass is 35.5. The third kappa shape index (κ3) is 6.04. The number of halogens is 1. The second-order valence-corrected chi connectivity index (χ2v) is 6.67. The van der Waals surface area contributed by atoms with Crippen LogP contribution in [0.2, 0.25) is 5.02 Å². The monoisotopic (exact) mass is 312 g/mol. The van der Waals surface area contributed by atoms with Gasteiger partial charge in [-0.15, -0.1) is 0 Å². The normalized spacial score (nSPS) is 12.8. The van der Waals surface area contributed by atoms with Crippen molar-refractivity contribution in [2.24, 2.45) is 11.1 Å². The van der Waals surface area contributed by atoms with Gasteiger partial charge in [-0.1, -0.05) is 32.4 Å². The minimum Gasteiger partial charge on any atom is -0.481 e. The molecular formula is C15H21ClN2O3. The van der Waals surface area contributed by atoms with Crippen LogP contribution >= 0.6 is 11.6 Å². The maximum absolute atomic E-state index is 11.1. The molecule has 0 spiro atoms. The van der Waals surface area contributed by atoms with Gasteiger partial charge in [0, 0.05) is 11.7 Å². The quantitative estimate of drug-likeness (QED) is 0.752. The maximum atomic E-state index is 11.1. The molecule has 116 valence electrons. The largest absolute Gasteiger partial charge is 0.481 e. The van der Waals surface area contributed by atoms with E-state index in [9.17, 15) is 9.59 Å². The van der Waals surface area contributed by atoms with Gasteiger partial charge in [0.2, 0.25) is 5.91 Å². The lowest BCUT2D eigenvalue weighted by atomic mass is 9.87. The molecule has 1 aromatic rings. The number of nitrogens with one attached hydrogen (secondary N) is 1. The van der Waals surface area contributed by atoms with Gasteiger partial charge in [-0.3, -0.25) is 9.59 Å². The Morgan fingerprint density at radius 3 is 2.43 bits per heavy atom. The second-order valence-electron chi connectivity index (χ2n) is 6.26. The van der Waals surface area contributed by atoms with Crippen molar-refractivity contribution in [1.29, 1.82) is 0 Å². The number of hydrogen-bond acceptors (Lipinski definition) is 3. The predicted molar refractivity (Wildman–Crippen MR) is 83.7 cm³/mol. The van der Waals surface area contributed by atoms with Gasteiger partial charge in [-0.25, -0.2) is 0 Å². The number of hydrogen-bond donors (Lipinski definition) is 3. The summed E-state index contributed by atoms with van der Waals surface area (Å²) < 4.78 is 0. The molecule has 21 heavy (non-hydrogen) atoms. The number of anilines is 1. The molecule has 6 heteroatoms. The Bertz CT molecular complexity index is 538. The van der Waals surface area contributed by atoms with Gasteiger partial charge in [0.25, 0.3) is 0 Å². The van der Waals surface area contributed by atoms with Crippen molar-refractivity contribution in [1.82, 2.24) is 0 Å². The van der Waals surface area contributed by atoms with Crippen molar-refractivity contribution in [3.8, 4) is 0 Å². The first-order valence-electron chi connectivity index (χ1n) is 6.66. The first kappa shape index (κ1) is 17.3. The van der Waals surface area contributed by atoms with E-state index in [2.05, 4.69) is 5.32 Å². The van der Waals surface area contributed by atoms with Crippen LogP contribution in [0.15, 0.2) is 18.2 Å². The first-order valence-corrected chi connectivity index (χ1v) is 7.04. The third-order valence-corrected chi connectivity index (χ3v) is 3.20. The van der Waals surface area contributed by atoms with Crippen LogP contribution in [0.3, 0.4) is 0 Å². The van der Waals surface area contributed by atoms with E-state index in [-0.39, 0.29) is 28.5 Å². The molecule has 1 aromatic carbocycles. The molecule has 1 rings (SSSR count). The molecule has 5 nitrogen and oxygen atoms in total. The summed E-state index contributed by atoms with van der Waals surface area (Å²) in [7, 11) is 0. The van der Waals surface area contributed by atoms with Gasteiger partial charge in [0.15, 0.2) is 0 Å². The molecule has 0 aromatic heterocycles. The molecule has 1 amide bonds. The van der Waals surface area contributed by atoms with Gasteiger partial charge in [-0.2, -0.15) is 0 Å². The van der Waals surface area contributed by atoms with Crippen LogP contribution in [0.1, 0.15) is 44.0 Å². The van der Waals surface area contributed by atoms with Gasteiger partial charge >= 0.3 is 5.97 Å². The fourth-order valence-corrected chi connectivity index (χ4v) is 2.44. The fraction of sp³-hybridized carbons (Fsp3) is 0.467. The average Bonchev–Trinajstić information content (AvgIpc) is 2.24. The number of benzene rings is 1. The zero-order valence-electron chi connectivity index (χ0n) is 12.4. The Morgan fingerprint density at radius 1 is 1.38 bits per heavy atom. The number of aliphatic carboxylic acids is 1. The number of carboxylic acid groups (broad SMARTS) is 1. The van der Waals surface area contributed by atoms with E-state index in [4.69, 9.17) is 22.4 Å². The van der Waals surface area contributed by atoms with Crippen LogP contribution in [-0.2, 0) is 4.79 Å². The Hall–Kier alpha value is -1.75. The molecule has 0 saturated heterocycles. The van der Waals surface area contributed by atoms with Crippen molar-refractivity contribution < 1.29 is 14.7 Å². The molecule has 0 fully saturated rings. The van der Waals surface area contributed by atoms with Crippen molar-refractivity contribution in [2.45, 2.75) is 39.7 Å². The Morgan fingerprint density at radius 2 is 2.00 bits per heavy atom. The summed E-state index contributed by atoms with van der Waals surface area (Å²) in [6, 6.07) is 4.56. The van der Waals surface area contributed by atoms with E-state index < -0.39 is 11.9 Å².